The lowest BCUT2D eigenvalue weighted by atomic mass is 10.2. The molecule has 18 heavy (non-hydrogen) atoms. The zero-order valence-corrected chi connectivity index (χ0v) is 10.3. The Bertz CT molecular complexity index is 531. The van der Waals surface area contributed by atoms with Crippen molar-refractivity contribution < 1.29 is 5.11 Å². The molecule has 0 saturated carbocycles. The molecular weight excluding hydrogens is 228 g/mol. The normalized spacial score (nSPS) is 19.7. The van der Waals surface area contributed by atoms with Gasteiger partial charge in [-0.1, -0.05) is 0 Å². The van der Waals surface area contributed by atoms with Crippen LogP contribution >= 0.6 is 0 Å². The van der Waals surface area contributed by atoms with Crippen molar-refractivity contribution in [2.24, 2.45) is 0 Å². The molecule has 1 saturated heterocycles. The predicted molar refractivity (Wildman–Crippen MR) is 69.2 cm³/mol. The summed E-state index contributed by atoms with van der Waals surface area (Å²) in [4.78, 5) is 9.12. The zero-order chi connectivity index (χ0) is 12.4. The van der Waals surface area contributed by atoms with Crippen LogP contribution < -0.4 is 5.32 Å². The number of imidazole rings is 1. The summed E-state index contributed by atoms with van der Waals surface area (Å²) in [7, 11) is 0. The molecule has 1 fully saturated rings. The molecule has 96 valence electrons. The maximum atomic E-state index is 9.02. The minimum Gasteiger partial charge on any atom is -0.396 e. The van der Waals surface area contributed by atoms with Gasteiger partial charge in [-0.25, -0.2) is 9.97 Å². The Labute approximate surface area is 106 Å². The first-order valence-corrected chi connectivity index (χ1v) is 6.55. The number of rotatable bonds is 4. The second kappa shape index (κ2) is 5.04. The molecule has 1 unspecified atom stereocenters. The maximum absolute atomic E-state index is 9.02. The van der Waals surface area contributed by atoms with Crippen molar-refractivity contribution in [3.8, 4) is 0 Å². The number of pyridine rings is 1. The number of aliphatic hydroxyl groups is 1. The highest BCUT2D eigenvalue weighted by atomic mass is 16.3. The summed E-state index contributed by atoms with van der Waals surface area (Å²) >= 11 is 0. The minimum absolute atomic E-state index is 0.198. The van der Waals surface area contributed by atoms with Gasteiger partial charge < -0.3 is 15.0 Å². The fourth-order valence-corrected chi connectivity index (χ4v) is 2.60. The topological polar surface area (TPSA) is 63.0 Å². The summed E-state index contributed by atoms with van der Waals surface area (Å²) in [6, 6.07) is 4.24. The molecule has 1 aliphatic rings. The monoisotopic (exact) mass is 246 g/mol. The summed E-state index contributed by atoms with van der Waals surface area (Å²) in [6.07, 6.45) is 4.86. The van der Waals surface area contributed by atoms with Crippen molar-refractivity contribution >= 4 is 11.2 Å². The average molecular weight is 246 g/mol. The molecular formula is C13H18N4O. The zero-order valence-electron chi connectivity index (χ0n) is 10.3. The smallest absolute Gasteiger partial charge is 0.160 e. The first-order valence-electron chi connectivity index (χ1n) is 6.55. The fourth-order valence-electron chi connectivity index (χ4n) is 2.60. The van der Waals surface area contributed by atoms with Crippen LogP contribution in [0, 0.1) is 0 Å². The van der Waals surface area contributed by atoms with E-state index in [-0.39, 0.29) is 6.61 Å². The Morgan fingerprint density at radius 3 is 3.22 bits per heavy atom. The SMILES string of the molecule is OCCCn1c(C2CCCN2)nc2cccnc21. The predicted octanol–water partition coefficient (Wildman–Crippen LogP) is 1.24. The lowest BCUT2D eigenvalue weighted by molar-refractivity contribution is 0.279. The summed E-state index contributed by atoms with van der Waals surface area (Å²) < 4.78 is 2.15. The summed E-state index contributed by atoms with van der Waals surface area (Å²) in [6.45, 7) is 2.03. The molecule has 0 radical (unpaired) electrons. The van der Waals surface area contributed by atoms with Crippen molar-refractivity contribution in [2.45, 2.75) is 31.8 Å². The highest BCUT2D eigenvalue weighted by molar-refractivity contribution is 5.71. The largest absolute Gasteiger partial charge is 0.396 e. The standard InChI is InChI=1S/C13H18N4O/c18-9-3-8-17-12-11(5-2-7-15-12)16-13(17)10-4-1-6-14-10/h2,5,7,10,14,18H,1,3-4,6,8-9H2. The first kappa shape index (κ1) is 11.6. The van der Waals surface area contributed by atoms with Crippen molar-refractivity contribution in [1.82, 2.24) is 19.9 Å². The molecule has 5 heteroatoms. The molecule has 2 aromatic heterocycles. The van der Waals surface area contributed by atoms with Crippen LogP contribution in [0.1, 0.15) is 31.1 Å². The van der Waals surface area contributed by atoms with E-state index in [1.807, 2.05) is 12.1 Å². The molecule has 1 atom stereocenters. The van der Waals surface area contributed by atoms with E-state index in [0.29, 0.717) is 6.04 Å². The fraction of sp³-hybridized carbons (Fsp3) is 0.538. The van der Waals surface area contributed by atoms with E-state index in [0.717, 1.165) is 42.9 Å². The number of aromatic nitrogens is 3. The molecule has 1 aliphatic heterocycles. The third-order valence-corrected chi connectivity index (χ3v) is 3.45. The molecule has 3 heterocycles. The van der Waals surface area contributed by atoms with E-state index in [1.54, 1.807) is 6.20 Å². The van der Waals surface area contributed by atoms with Gasteiger partial charge in [-0.15, -0.1) is 0 Å². The van der Waals surface area contributed by atoms with Crippen molar-refractivity contribution in [2.75, 3.05) is 13.2 Å². The van der Waals surface area contributed by atoms with Crippen LogP contribution in [0.2, 0.25) is 0 Å². The van der Waals surface area contributed by atoms with E-state index in [2.05, 4.69) is 14.9 Å². The number of aliphatic hydroxyl groups excluding tert-OH is 1. The number of fused-ring (bicyclic) bond motifs is 1. The summed E-state index contributed by atoms with van der Waals surface area (Å²) in [5.41, 5.74) is 1.87. The Morgan fingerprint density at radius 2 is 2.44 bits per heavy atom. The van der Waals surface area contributed by atoms with Gasteiger partial charge in [0, 0.05) is 19.3 Å². The van der Waals surface area contributed by atoms with E-state index in [4.69, 9.17) is 10.1 Å². The van der Waals surface area contributed by atoms with Crippen molar-refractivity contribution in [1.29, 1.82) is 0 Å². The number of hydrogen-bond donors (Lipinski definition) is 2. The van der Waals surface area contributed by atoms with Gasteiger partial charge in [0.15, 0.2) is 5.65 Å². The van der Waals surface area contributed by atoms with Crippen molar-refractivity contribution in [3.05, 3.63) is 24.2 Å². The Hall–Kier alpha value is -1.46. The first-order chi connectivity index (χ1) is 8.90. The van der Waals surface area contributed by atoms with Gasteiger partial charge in [0.25, 0.3) is 0 Å². The van der Waals surface area contributed by atoms with Crippen LogP contribution in [-0.2, 0) is 6.54 Å². The molecule has 0 spiro atoms. The Morgan fingerprint density at radius 1 is 1.50 bits per heavy atom. The second-order valence-electron chi connectivity index (χ2n) is 4.69. The van der Waals surface area contributed by atoms with Gasteiger partial charge in [-0.2, -0.15) is 0 Å². The minimum atomic E-state index is 0.198. The van der Waals surface area contributed by atoms with Gasteiger partial charge >= 0.3 is 0 Å². The maximum Gasteiger partial charge on any atom is 0.160 e. The molecule has 0 aromatic carbocycles. The Balaban J connectivity index is 2.04. The highest BCUT2D eigenvalue weighted by Gasteiger charge is 2.23. The molecule has 0 amide bonds. The third kappa shape index (κ3) is 2.00. The number of aryl methyl sites for hydroxylation is 1. The average Bonchev–Trinajstić information content (AvgIpc) is 3.03. The highest BCUT2D eigenvalue weighted by Crippen LogP contribution is 2.25. The van der Waals surface area contributed by atoms with Gasteiger partial charge in [0.2, 0.25) is 0 Å². The van der Waals surface area contributed by atoms with Gasteiger partial charge in [-0.3, -0.25) is 0 Å². The molecule has 0 aliphatic carbocycles. The molecule has 3 rings (SSSR count). The molecule has 5 nitrogen and oxygen atoms in total. The lowest BCUT2D eigenvalue weighted by Gasteiger charge is -2.13. The lowest BCUT2D eigenvalue weighted by Crippen LogP contribution is -2.18. The molecule has 0 bridgehead atoms. The van der Waals surface area contributed by atoms with Crippen LogP contribution in [0.15, 0.2) is 18.3 Å². The van der Waals surface area contributed by atoms with E-state index in [9.17, 15) is 0 Å². The summed E-state index contributed by atoms with van der Waals surface area (Å²) in [5.74, 6) is 1.06. The van der Waals surface area contributed by atoms with E-state index < -0.39 is 0 Å². The Kier molecular flexibility index (Phi) is 3.25. The van der Waals surface area contributed by atoms with Crippen LogP contribution in [0.4, 0.5) is 0 Å². The summed E-state index contributed by atoms with van der Waals surface area (Å²) in [5, 5.41) is 12.5. The second-order valence-corrected chi connectivity index (χ2v) is 4.69. The third-order valence-electron chi connectivity index (χ3n) is 3.45. The number of nitrogens with one attached hydrogen (secondary N) is 1. The number of nitrogens with zero attached hydrogens (tertiary/aromatic N) is 3. The van der Waals surface area contributed by atoms with E-state index in [1.165, 1.54) is 6.42 Å². The van der Waals surface area contributed by atoms with Crippen LogP contribution in [0.25, 0.3) is 11.2 Å². The van der Waals surface area contributed by atoms with Crippen molar-refractivity contribution in [3.63, 3.8) is 0 Å². The number of hydrogen-bond acceptors (Lipinski definition) is 4. The van der Waals surface area contributed by atoms with Crippen LogP contribution in [0.3, 0.4) is 0 Å². The molecule has 2 N–H and O–H groups in total. The van der Waals surface area contributed by atoms with Gasteiger partial charge in [0.1, 0.15) is 11.3 Å². The van der Waals surface area contributed by atoms with E-state index >= 15 is 0 Å². The van der Waals surface area contributed by atoms with Crippen LogP contribution in [-0.4, -0.2) is 32.8 Å². The van der Waals surface area contributed by atoms with Crippen LogP contribution in [0.5, 0.6) is 0 Å². The van der Waals surface area contributed by atoms with Gasteiger partial charge in [-0.05, 0) is 37.9 Å². The quantitative estimate of drug-likeness (QED) is 0.852. The van der Waals surface area contributed by atoms with Gasteiger partial charge in [0.05, 0.1) is 6.04 Å². The molecule has 2 aromatic rings.